The maximum atomic E-state index is 12.0. The van der Waals surface area contributed by atoms with Gasteiger partial charge in [-0.2, -0.15) is 0 Å². The molecule has 0 unspecified atom stereocenters. The van der Waals surface area contributed by atoms with Crippen molar-refractivity contribution in [3.05, 3.63) is 0 Å². The zero-order valence-electron chi connectivity index (χ0n) is 15.0. The molecule has 0 N–H and O–H groups in total. The average molecular weight is 325 g/mol. The van der Waals surface area contributed by atoms with E-state index in [1.165, 1.54) is 0 Å². The summed E-state index contributed by atoms with van der Waals surface area (Å²) in [5.41, 5.74) is -0.445. The van der Waals surface area contributed by atoms with Crippen LogP contribution in [0.2, 0.25) is 0 Å². The summed E-state index contributed by atoms with van der Waals surface area (Å²) < 4.78 is 11.6. The first-order valence-corrected chi connectivity index (χ1v) is 8.88. The van der Waals surface area contributed by atoms with Crippen molar-refractivity contribution < 1.29 is 19.1 Å². The van der Waals surface area contributed by atoms with Gasteiger partial charge >= 0.3 is 6.09 Å². The molecule has 1 amide bonds. The SMILES string of the molecule is CC(=O)[C@H]1CC[C@H](OC2CCN(C(=O)OC(C)(C)C)CC2)CC1. The highest BCUT2D eigenvalue weighted by atomic mass is 16.6. The number of piperidine rings is 1. The predicted molar refractivity (Wildman–Crippen MR) is 88.3 cm³/mol. The Hall–Kier alpha value is -1.10. The second kappa shape index (κ2) is 7.65. The number of carbonyl (C=O) groups excluding carboxylic acids is 2. The number of carbonyl (C=O) groups is 2. The summed E-state index contributed by atoms with van der Waals surface area (Å²) in [4.78, 5) is 25.2. The van der Waals surface area contributed by atoms with Gasteiger partial charge in [0.05, 0.1) is 12.2 Å². The maximum Gasteiger partial charge on any atom is 0.410 e. The summed E-state index contributed by atoms with van der Waals surface area (Å²) in [6.07, 6.45) is 5.90. The van der Waals surface area contributed by atoms with Gasteiger partial charge in [-0.15, -0.1) is 0 Å². The van der Waals surface area contributed by atoms with E-state index in [-0.39, 0.29) is 24.2 Å². The van der Waals surface area contributed by atoms with E-state index in [9.17, 15) is 9.59 Å². The smallest absolute Gasteiger partial charge is 0.410 e. The van der Waals surface area contributed by atoms with Crippen LogP contribution in [0.15, 0.2) is 0 Å². The van der Waals surface area contributed by atoms with E-state index in [1.807, 2.05) is 20.8 Å². The van der Waals surface area contributed by atoms with E-state index in [4.69, 9.17) is 9.47 Å². The van der Waals surface area contributed by atoms with Gasteiger partial charge in [0.1, 0.15) is 11.4 Å². The van der Waals surface area contributed by atoms with Gasteiger partial charge in [-0.05, 0) is 66.2 Å². The number of hydrogen-bond donors (Lipinski definition) is 0. The Morgan fingerprint density at radius 2 is 1.43 bits per heavy atom. The number of likely N-dealkylation sites (tertiary alicyclic amines) is 1. The van der Waals surface area contributed by atoms with Crippen molar-refractivity contribution in [3.8, 4) is 0 Å². The minimum atomic E-state index is -0.445. The van der Waals surface area contributed by atoms with Crippen LogP contribution in [-0.4, -0.2) is 47.7 Å². The number of nitrogens with zero attached hydrogens (tertiary/aromatic N) is 1. The Morgan fingerprint density at radius 1 is 0.913 bits per heavy atom. The Labute approximate surface area is 139 Å². The van der Waals surface area contributed by atoms with Crippen molar-refractivity contribution in [2.45, 2.75) is 84.0 Å². The molecule has 1 aliphatic carbocycles. The molecule has 2 fully saturated rings. The standard InChI is InChI=1S/C18H31NO4/c1-13(20)14-5-7-15(8-6-14)22-16-9-11-19(12-10-16)17(21)23-18(2,3)4/h14-16H,5-12H2,1-4H3/t14-,15-. The molecule has 0 spiro atoms. The molecule has 1 saturated heterocycles. The van der Waals surface area contributed by atoms with Crippen LogP contribution in [0.3, 0.4) is 0 Å². The molecule has 2 rings (SSSR count). The van der Waals surface area contributed by atoms with Gasteiger partial charge < -0.3 is 14.4 Å². The van der Waals surface area contributed by atoms with Crippen LogP contribution in [0.25, 0.3) is 0 Å². The van der Waals surface area contributed by atoms with E-state index < -0.39 is 5.60 Å². The molecular formula is C18H31NO4. The lowest BCUT2D eigenvalue weighted by Crippen LogP contribution is -2.44. The predicted octanol–water partition coefficient (Wildman–Crippen LogP) is 3.55. The summed E-state index contributed by atoms with van der Waals surface area (Å²) in [7, 11) is 0. The topological polar surface area (TPSA) is 55.8 Å². The second-order valence-corrected chi connectivity index (χ2v) is 7.89. The monoisotopic (exact) mass is 325 g/mol. The molecule has 1 saturated carbocycles. The third kappa shape index (κ3) is 5.79. The molecule has 0 atom stereocenters. The lowest BCUT2D eigenvalue weighted by Gasteiger charge is -2.36. The van der Waals surface area contributed by atoms with Gasteiger partial charge in [0.15, 0.2) is 0 Å². The van der Waals surface area contributed by atoms with Crippen LogP contribution in [0.5, 0.6) is 0 Å². The molecule has 132 valence electrons. The van der Waals surface area contributed by atoms with Crippen LogP contribution in [0.1, 0.15) is 66.2 Å². The first-order valence-electron chi connectivity index (χ1n) is 8.88. The van der Waals surface area contributed by atoms with Crippen molar-refractivity contribution in [1.82, 2.24) is 4.90 Å². The summed E-state index contributed by atoms with van der Waals surface area (Å²) in [5.74, 6) is 0.554. The van der Waals surface area contributed by atoms with E-state index in [0.717, 1.165) is 38.5 Å². The maximum absolute atomic E-state index is 12.0. The number of ketones is 1. The molecule has 5 heteroatoms. The largest absolute Gasteiger partial charge is 0.444 e. The lowest BCUT2D eigenvalue weighted by molar-refractivity contribution is -0.123. The molecule has 0 radical (unpaired) electrons. The number of Topliss-reactive ketones (excluding diaryl/α,β-unsaturated/α-hetero) is 1. The average Bonchev–Trinajstić information content (AvgIpc) is 2.46. The Bertz CT molecular complexity index is 413. The highest BCUT2D eigenvalue weighted by Gasteiger charge is 2.30. The zero-order valence-corrected chi connectivity index (χ0v) is 15.0. The van der Waals surface area contributed by atoms with Crippen molar-refractivity contribution in [2.75, 3.05) is 13.1 Å². The van der Waals surface area contributed by atoms with Crippen LogP contribution in [0, 0.1) is 5.92 Å². The van der Waals surface area contributed by atoms with Crippen LogP contribution in [-0.2, 0) is 14.3 Å². The third-order valence-corrected chi connectivity index (χ3v) is 4.73. The Morgan fingerprint density at radius 3 is 1.91 bits per heavy atom. The summed E-state index contributed by atoms with van der Waals surface area (Å²) in [5, 5.41) is 0. The van der Waals surface area contributed by atoms with Crippen LogP contribution in [0.4, 0.5) is 4.79 Å². The van der Waals surface area contributed by atoms with Crippen LogP contribution >= 0.6 is 0 Å². The summed E-state index contributed by atoms with van der Waals surface area (Å²) in [6, 6.07) is 0. The molecule has 0 aromatic heterocycles. The zero-order chi connectivity index (χ0) is 17.0. The van der Waals surface area contributed by atoms with E-state index >= 15 is 0 Å². The highest BCUT2D eigenvalue weighted by molar-refractivity contribution is 5.78. The van der Waals surface area contributed by atoms with Gasteiger partial charge in [0, 0.05) is 19.0 Å². The van der Waals surface area contributed by atoms with Crippen molar-refractivity contribution in [2.24, 2.45) is 5.92 Å². The van der Waals surface area contributed by atoms with E-state index in [2.05, 4.69) is 0 Å². The minimum absolute atomic E-state index is 0.224. The Balaban J connectivity index is 1.69. The quantitative estimate of drug-likeness (QED) is 0.796. The molecule has 0 bridgehead atoms. The molecule has 5 nitrogen and oxygen atoms in total. The molecule has 0 aromatic rings. The van der Waals surface area contributed by atoms with Crippen molar-refractivity contribution >= 4 is 11.9 Å². The first kappa shape index (κ1) is 18.2. The van der Waals surface area contributed by atoms with Gasteiger partial charge in [-0.25, -0.2) is 4.79 Å². The molecule has 0 aromatic carbocycles. The van der Waals surface area contributed by atoms with Gasteiger partial charge in [-0.1, -0.05) is 0 Å². The molecular weight excluding hydrogens is 294 g/mol. The normalized spacial score (nSPS) is 26.9. The number of ether oxygens (including phenoxy) is 2. The van der Waals surface area contributed by atoms with Crippen molar-refractivity contribution in [1.29, 1.82) is 0 Å². The minimum Gasteiger partial charge on any atom is -0.444 e. The van der Waals surface area contributed by atoms with E-state index in [1.54, 1.807) is 11.8 Å². The number of amides is 1. The van der Waals surface area contributed by atoms with E-state index in [0.29, 0.717) is 18.9 Å². The first-order chi connectivity index (χ1) is 10.7. The fraction of sp³-hybridized carbons (Fsp3) is 0.889. The molecule has 23 heavy (non-hydrogen) atoms. The van der Waals surface area contributed by atoms with Crippen LogP contribution < -0.4 is 0 Å². The van der Waals surface area contributed by atoms with Gasteiger partial charge in [0.25, 0.3) is 0 Å². The Kier molecular flexibility index (Phi) is 6.06. The second-order valence-electron chi connectivity index (χ2n) is 7.89. The molecule has 1 aliphatic heterocycles. The van der Waals surface area contributed by atoms with Gasteiger partial charge in [-0.3, -0.25) is 4.79 Å². The molecule has 1 heterocycles. The van der Waals surface area contributed by atoms with Gasteiger partial charge in [0.2, 0.25) is 0 Å². The molecule has 2 aliphatic rings. The highest BCUT2D eigenvalue weighted by Crippen LogP contribution is 2.29. The third-order valence-electron chi connectivity index (χ3n) is 4.73. The number of rotatable bonds is 3. The fourth-order valence-corrected chi connectivity index (χ4v) is 3.38. The summed E-state index contributed by atoms with van der Waals surface area (Å²) in [6.45, 7) is 8.75. The number of hydrogen-bond acceptors (Lipinski definition) is 4. The fourth-order valence-electron chi connectivity index (χ4n) is 3.38. The summed E-state index contributed by atoms with van der Waals surface area (Å²) >= 11 is 0. The lowest BCUT2D eigenvalue weighted by atomic mass is 9.85. The van der Waals surface area contributed by atoms with Crippen molar-refractivity contribution in [3.63, 3.8) is 0 Å².